The van der Waals surface area contributed by atoms with Gasteiger partial charge in [-0.2, -0.15) is 0 Å². The van der Waals surface area contributed by atoms with Crippen molar-refractivity contribution >= 4 is 5.97 Å². The van der Waals surface area contributed by atoms with Crippen LogP contribution in [0.5, 0.6) is 5.75 Å². The van der Waals surface area contributed by atoms with Gasteiger partial charge < -0.3 is 9.47 Å². The van der Waals surface area contributed by atoms with E-state index in [-0.39, 0.29) is 5.97 Å². The third-order valence-electron chi connectivity index (χ3n) is 1.56. The van der Waals surface area contributed by atoms with Crippen molar-refractivity contribution in [2.24, 2.45) is 0 Å². The van der Waals surface area contributed by atoms with E-state index in [1.807, 2.05) is 0 Å². The van der Waals surface area contributed by atoms with Crippen molar-refractivity contribution in [2.45, 2.75) is 6.92 Å². The molecule has 0 atom stereocenters. The lowest BCUT2D eigenvalue weighted by molar-refractivity contribution is 0.0526. The minimum Gasteiger partial charge on any atom is -0.466 e. The van der Waals surface area contributed by atoms with Gasteiger partial charge in [0.2, 0.25) is 0 Å². The molecule has 0 aliphatic heterocycles. The van der Waals surface area contributed by atoms with E-state index in [1.165, 1.54) is 6.26 Å². The zero-order chi connectivity index (χ0) is 10.4. The Balaban J connectivity index is 2.82. The summed E-state index contributed by atoms with van der Waals surface area (Å²) in [5, 5.41) is 0. The molecule has 1 aromatic carbocycles. The number of hydrogen-bond donors (Lipinski definition) is 0. The predicted molar refractivity (Wildman–Crippen MR) is 53.2 cm³/mol. The molecule has 0 aliphatic rings. The van der Waals surface area contributed by atoms with Crippen molar-refractivity contribution in [3.63, 3.8) is 0 Å². The molecule has 0 bridgehead atoms. The highest BCUT2D eigenvalue weighted by Crippen LogP contribution is 2.14. The lowest BCUT2D eigenvalue weighted by atomic mass is 10.2. The van der Waals surface area contributed by atoms with Crippen LogP contribution in [0, 0.1) is 0 Å². The summed E-state index contributed by atoms with van der Waals surface area (Å²) in [6.45, 7) is 5.56. The topological polar surface area (TPSA) is 35.5 Å². The lowest BCUT2D eigenvalue weighted by Crippen LogP contribution is -2.04. The number of hydrogen-bond acceptors (Lipinski definition) is 3. The third kappa shape index (κ3) is 2.62. The first-order chi connectivity index (χ1) is 6.77. The van der Waals surface area contributed by atoms with Crippen LogP contribution in [0.1, 0.15) is 17.3 Å². The molecule has 3 heteroatoms. The van der Waals surface area contributed by atoms with Crippen LogP contribution in [0.2, 0.25) is 0 Å². The summed E-state index contributed by atoms with van der Waals surface area (Å²) in [4.78, 5) is 11.3. The van der Waals surface area contributed by atoms with Crippen molar-refractivity contribution in [1.82, 2.24) is 0 Å². The van der Waals surface area contributed by atoms with E-state index >= 15 is 0 Å². The molecule has 0 fully saturated rings. The molecule has 0 radical (unpaired) electrons. The van der Waals surface area contributed by atoms with Crippen molar-refractivity contribution in [3.8, 4) is 5.75 Å². The SMILES string of the molecule is C=COc1cccc(C(=O)OCC)c1. The van der Waals surface area contributed by atoms with Crippen molar-refractivity contribution in [1.29, 1.82) is 0 Å². The largest absolute Gasteiger partial charge is 0.466 e. The summed E-state index contributed by atoms with van der Waals surface area (Å²) < 4.78 is 9.87. The summed E-state index contributed by atoms with van der Waals surface area (Å²) >= 11 is 0. The van der Waals surface area contributed by atoms with Gasteiger partial charge in [-0.15, -0.1) is 0 Å². The second kappa shape index (κ2) is 5.07. The van der Waals surface area contributed by atoms with Crippen LogP contribution in [-0.2, 0) is 4.74 Å². The van der Waals surface area contributed by atoms with E-state index in [4.69, 9.17) is 9.47 Å². The molecule has 0 saturated carbocycles. The second-order valence-electron chi connectivity index (χ2n) is 2.53. The number of carbonyl (C=O) groups excluding carboxylic acids is 1. The molecular formula is C11H12O3. The minimum absolute atomic E-state index is 0.345. The number of carbonyl (C=O) groups is 1. The van der Waals surface area contributed by atoms with Crippen molar-refractivity contribution < 1.29 is 14.3 Å². The maximum atomic E-state index is 11.3. The molecular weight excluding hydrogens is 180 g/mol. The van der Waals surface area contributed by atoms with Gasteiger partial charge in [0, 0.05) is 0 Å². The van der Waals surface area contributed by atoms with E-state index < -0.39 is 0 Å². The fraction of sp³-hybridized carbons (Fsp3) is 0.182. The number of rotatable bonds is 4. The first-order valence-electron chi connectivity index (χ1n) is 4.32. The summed E-state index contributed by atoms with van der Waals surface area (Å²) in [6.07, 6.45) is 1.31. The average molecular weight is 192 g/mol. The fourth-order valence-corrected chi connectivity index (χ4v) is 1.01. The Hall–Kier alpha value is -1.77. The van der Waals surface area contributed by atoms with Gasteiger partial charge in [-0.3, -0.25) is 0 Å². The van der Waals surface area contributed by atoms with Gasteiger partial charge in [-0.25, -0.2) is 4.79 Å². The molecule has 0 aromatic heterocycles. The van der Waals surface area contributed by atoms with Gasteiger partial charge in [0.25, 0.3) is 0 Å². The van der Waals surface area contributed by atoms with Crippen LogP contribution in [0.4, 0.5) is 0 Å². The molecule has 0 heterocycles. The zero-order valence-electron chi connectivity index (χ0n) is 8.03. The fourth-order valence-electron chi connectivity index (χ4n) is 1.01. The van der Waals surface area contributed by atoms with Crippen LogP contribution >= 0.6 is 0 Å². The number of esters is 1. The van der Waals surface area contributed by atoms with Gasteiger partial charge in [0.1, 0.15) is 5.75 Å². The molecule has 0 spiro atoms. The summed E-state index contributed by atoms with van der Waals surface area (Å²) in [5.41, 5.74) is 0.478. The molecule has 1 aromatic rings. The van der Waals surface area contributed by atoms with Gasteiger partial charge in [0.15, 0.2) is 0 Å². The van der Waals surface area contributed by atoms with E-state index in [0.29, 0.717) is 17.9 Å². The van der Waals surface area contributed by atoms with Crippen molar-refractivity contribution in [3.05, 3.63) is 42.7 Å². The highest BCUT2D eigenvalue weighted by atomic mass is 16.5. The maximum Gasteiger partial charge on any atom is 0.338 e. The first-order valence-corrected chi connectivity index (χ1v) is 4.32. The number of benzene rings is 1. The standard InChI is InChI=1S/C11H12O3/c1-3-13-10-7-5-6-9(8-10)11(12)14-4-2/h3,5-8H,1,4H2,2H3. The molecule has 74 valence electrons. The predicted octanol–water partition coefficient (Wildman–Crippen LogP) is 2.39. The average Bonchev–Trinajstić information content (AvgIpc) is 2.19. The van der Waals surface area contributed by atoms with Crippen LogP contribution in [0.25, 0.3) is 0 Å². The highest BCUT2D eigenvalue weighted by Gasteiger charge is 2.06. The molecule has 0 saturated heterocycles. The zero-order valence-corrected chi connectivity index (χ0v) is 8.03. The van der Waals surface area contributed by atoms with Gasteiger partial charge in [-0.1, -0.05) is 12.6 Å². The van der Waals surface area contributed by atoms with Crippen LogP contribution < -0.4 is 4.74 Å². The maximum absolute atomic E-state index is 11.3. The molecule has 0 amide bonds. The Morgan fingerprint density at radius 3 is 3.00 bits per heavy atom. The Morgan fingerprint density at radius 1 is 1.57 bits per heavy atom. The Labute approximate surface area is 83.0 Å². The van der Waals surface area contributed by atoms with Gasteiger partial charge >= 0.3 is 5.97 Å². The normalized spacial score (nSPS) is 9.21. The van der Waals surface area contributed by atoms with E-state index in [1.54, 1.807) is 31.2 Å². The molecule has 3 nitrogen and oxygen atoms in total. The molecule has 14 heavy (non-hydrogen) atoms. The highest BCUT2D eigenvalue weighted by molar-refractivity contribution is 5.89. The Kier molecular flexibility index (Phi) is 3.73. The summed E-state index contributed by atoms with van der Waals surface area (Å²) in [6, 6.07) is 6.75. The van der Waals surface area contributed by atoms with Gasteiger partial charge in [-0.05, 0) is 25.1 Å². The monoisotopic (exact) mass is 192 g/mol. The lowest BCUT2D eigenvalue weighted by Gasteiger charge is -2.03. The van der Waals surface area contributed by atoms with E-state index in [2.05, 4.69) is 6.58 Å². The minimum atomic E-state index is -0.345. The smallest absolute Gasteiger partial charge is 0.338 e. The summed E-state index contributed by atoms with van der Waals surface area (Å²) in [7, 11) is 0. The second-order valence-corrected chi connectivity index (χ2v) is 2.53. The molecule has 0 aliphatic carbocycles. The van der Waals surface area contributed by atoms with Crippen LogP contribution in [-0.4, -0.2) is 12.6 Å². The van der Waals surface area contributed by atoms with Crippen LogP contribution in [0.15, 0.2) is 37.1 Å². The first kappa shape index (κ1) is 10.3. The third-order valence-corrected chi connectivity index (χ3v) is 1.56. The van der Waals surface area contributed by atoms with E-state index in [9.17, 15) is 4.79 Å². The quantitative estimate of drug-likeness (QED) is 0.542. The van der Waals surface area contributed by atoms with Crippen molar-refractivity contribution in [2.75, 3.05) is 6.61 Å². The van der Waals surface area contributed by atoms with Crippen LogP contribution in [0.3, 0.4) is 0 Å². The van der Waals surface area contributed by atoms with Gasteiger partial charge in [0.05, 0.1) is 18.4 Å². The molecule has 0 N–H and O–H groups in total. The summed E-state index contributed by atoms with van der Waals surface area (Å²) in [5.74, 6) is 0.229. The Morgan fingerprint density at radius 2 is 2.36 bits per heavy atom. The molecule has 0 unspecified atom stereocenters. The molecule has 1 rings (SSSR count). The Bertz CT molecular complexity index is 331. The van der Waals surface area contributed by atoms with E-state index in [0.717, 1.165) is 0 Å². The number of ether oxygens (including phenoxy) is 2.